The summed E-state index contributed by atoms with van der Waals surface area (Å²) in [4.78, 5) is 8.37. The summed E-state index contributed by atoms with van der Waals surface area (Å²) in [6, 6.07) is 9.40. The van der Waals surface area contributed by atoms with Crippen molar-refractivity contribution in [3.63, 3.8) is 0 Å². The van der Waals surface area contributed by atoms with E-state index >= 15 is 0 Å². The molecule has 0 aliphatic carbocycles. The maximum absolute atomic E-state index is 13.7. The molecule has 0 aliphatic heterocycles. The maximum atomic E-state index is 13.7. The molecule has 0 aliphatic rings. The van der Waals surface area contributed by atoms with Crippen LogP contribution >= 0.6 is 11.6 Å². The van der Waals surface area contributed by atoms with Crippen LogP contribution in [0.5, 0.6) is 0 Å². The van der Waals surface area contributed by atoms with Crippen molar-refractivity contribution in [1.82, 2.24) is 19.6 Å². The number of benzene rings is 1. The highest BCUT2D eigenvalue weighted by molar-refractivity contribution is 6.31. The third kappa shape index (κ3) is 3.80. The molecule has 8 heteroatoms. The number of aryl methyl sites for hydroxylation is 1. The van der Waals surface area contributed by atoms with Crippen LogP contribution in [0.25, 0.3) is 16.9 Å². The molecule has 4 nitrogen and oxygen atoms in total. The van der Waals surface area contributed by atoms with Crippen LogP contribution in [-0.4, -0.2) is 19.6 Å². The Labute approximate surface area is 169 Å². The average Bonchev–Trinajstić information content (AvgIpc) is 3.10. The zero-order valence-electron chi connectivity index (χ0n) is 15.0. The number of pyridine rings is 1. The van der Waals surface area contributed by atoms with Gasteiger partial charge in [0.1, 0.15) is 0 Å². The van der Waals surface area contributed by atoms with Crippen LogP contribution in [0.3, 0.4) is 0 Å². The van der Waals surface area contributed by atoms with Gasteiger partial charge in [0.15, 0.2) is 11.3 Å². The number of rotatable bonds is 1. The van der Waals surface area contributed by atoms with Crippen molar-refractivity contribution in [3.05, 3.63) is 82.4 Å². The molecule has 3 aromatic heterocycles. The molecular weight excluding hydrogens is 401 g/mol. The van der Waals surface area contributed by atoms with E-state index in [1.165, 1.54) is 6.20 Å². The van der Waals surface area contributed by atoms with Crippen LogP contribution in [0.1, 0.15) is 22.4 Å². The largest absolute Gasteiger partial charge is 0.433 e. The normalized spacial score (nSPS) is 11.3. The third-order valence-corrected chi connectivity index (χ3v) is 4.64. The second kappa shape index (κ2) is 7.22. The molecule has 0 radical (unpaired) electrons. The second-order valence-electron chi connectivity index (χ2n) is 6.27. The van der Waals surface area contributed by atoms with Crippen molar-refractivity contribution < 1.29 is 13.2 Å². The maximum Gasteiger partial charge on any atom is 0.433 e. The van der Waals surface area contributed by atoms with E-state index in [9.17, 15) is 13.2 Å². The van der Waals surface area contributed by atoms with Crippen LogP contribution in [0.4, 0.5) is 13.2 Å². The summed E-state index contributed by atoms with van der Waals surface area (Å²) in [6.07, 6.45) is -0.164. The van der Waals surface area contributed by atoms with E-state index in [1.807, 2.05) is 0 Å². The predicted octanol–water partition coefficient (Wildman–Crippen LogP) is 5.17. The summed E-state index contributed by atoms with van der Waals surface area (Å²) in [7, 11) is 0. The number of aromatic nitrogens is 4. The summed E-state index contributed by atoms with van der Waals surface area (Å²) in [5.74, 6) is 5.71. The fraction of sp³-hybridized carbons (Fsp3) is 0.0952. The lowest BCUT2D eigenvalue weighted by Crippen LogP contribution is -2.13. The van der Waals surface area contributed by atoms with Crippen molar-refractivity contribution in [2.24, 2.45) is 0 Å². The van der Waals surface area contributed by atoms with Crippen LogP contribution in [0.15, 0.2) is 55.0 Å². The van der Waals surface area contributed by atoms with Gasteiger partial charge in [-0.3, -0.25) is 4.98 Å². The van der Waals surface area contributed by atoms with E-state index in [1.54, 1.807) is 49.6 Å². The van der Waals surface area contributed by atoms with Crippen molar-refractivity contribution >= 4 is 17.2 Å². The quantitative estimate of drug-likeness (QED) is 0.405. The number of hydrogen-bond donors (Lipinski definition) is 0. The fourth-order valence-corrected chi connectivity index (χ4v) is 2.90. The third-order valence-electron chi connectivity index (χ3n) is 4.22. The molecule has 3 heterocycles. The summed E-state index contributed by atoms with van der Waals surface area (Å²) in [6.45, 7) is 1.78. The van der Waals surface area contributed by atoms with Gasteiger partial charge in [0.25, 0.3) is 0 Å². The molecule has 4 rings (SSSR count). The molecule has 0 saturated carbocycles. The topological polar surface area (TPSA) is 43.1 Å². The Hall–Kier alpha value is -3.37. The molecular formula is C21H12ClF3N4. The predicted molar refractivity (Wildman–Crippen MR) is 103 cm³/mol. The smallest absolute Gasteiger partial charge is 0.263 e. The molecule has 29 heavy (non-hydrogen) atoms. The van der Waals surface area contributed by atoms with Crippen LogP contribution < -0.4 is 0 Å². The molecule has 0 fully saturated rings. The lowest BCUT2D eigenvalue weighted by Gasteiger charge is -2.11. The Bertz CT molecular complexity index is 1270. The summed E-state index contributed by atoms with van der Waals surface area (Å²) in [5.41, 5.74) is 1.43. The lowest BCUT2D eigenvalue weighted by atomic mass is 10.1. The van der Waals surface area contributed by atoms with Crippen molar-refractivity contribution in [3.8, 4) is 23.1 Å². The zero-order chi connectivity index (χ0) is 20.6. The van der Waals surface area contributed by atoms with Gasteiger partial charge >= 0.3 is 6.18 Å². The second-order valence-corrected chi connectivity index (χ2v) is 6.68. The monoisotopic (exact) mass is 412 g/mol. The molecule has 4 aromatic rings. The molecule has 0 N–H and O–H groups in total. The molecule has 0 saturated heterocycles. The van der Waals surface area contributed by atoms with Crippen LogP contribution in [0.2, 0.25) is 5.02 Å². The molecule has 0 atom stereocenters. The highest BCUT2D eigenvalue weighted by Gasteiger charge is 2.35. The first-order valence-corrected chi connectivity index (χ1v) is 8.85. The van der Waals surface area contributed by atoms with Gasteiger partial charge in [-0.05, 0) is 42.8 Å². The first-order chi connectivity index (χ1) is 13.8. The lowest BCUT2D eigenvalue weighted by molar-refractivity contribution is -0.142. The van der Waals surface area contributed by atoms with Gasteiger partial charge in [-0.2, -0.15) is 18.3 Å². The van der Waals surface area contributed by atoms with E-state index in [2.05, 4.69) is 26.9 Å². The fourth-order valence-electron chi connectivity index (χ4n) is 2.78. The Balaban J connectivity index is 1.92. The molecule has 0 spiro atoms. The average molecular weight is 413 g/mol. The van der Waals surface area contributed by atoms with Gasteiger partial charge in [0.2, 0.25) is 0 Å². The Morgan fingerprint density at radius 2 is 1.90 bits per heavy atom. The van der Waals surface area contributed by atoms with E-state index in [-0.39, 0.29) is 16.9 Å². The summed E-state index contributed by atoms with van der Waals surface area (Å²) < 4.78 is 41.8. The number of halogens is 4. The molecule has 1 aromatic carbocycles. The minimum absolute atomic E-state index is 0.0267. The first-order valence-electron chi connectivity index (χ1n) is 8.47. The molecule has 0 bridgehead atoms. The SMILES string of the molecule is Cc1cc(-c2cc(C(F)(F)F)n3ncc(C#Cc4cccnc4)c3n2)ccc1Cl. The highest BCUT2D eigenvalue weighted by Crippen LogP contribution is 2.33. The summed E-state index contributed by atoms with van der Waals surface area (Å²) in [5, 5.41) is 4.38. The Morgan fingerprint density at radius 3 is 2.59 bits per heavy atom. The van der Waals surface area contributed by atoms with Gasteiger partial charge in [0, 0.05) is 28.5 Å². The molecule has 0 unspecified atom stereocenters. The van der Waals surface area contributed by atoms with E-state index in [0.29, 0.717) is 16.1 Å². The van der Waals surface area contributed by atoms with Crippen LogP contribution in [0, 0.1) is 18.8 Å². The first kappa shape index (κ1) is 19.0. The van der Waals surface area contributed by atoms with Gasteiger partial charge in [-0.25, -0.2) is 9.50 Å². The van der Waals surface area contributed by atoms with E-state index in [4.69, 9.17) is 11.6 Å². The zero-order valence-corrected chi connectivity index (χ0v) is 15.8. The van der Waals surface area contributed by atoms with Gasteiger partial charge in [-0.15, -0.1) is 0 Å². The highest BCUT2D eigenvalue weighted by atomic mass is 35.5. The minimum atomic E-state index is -4.61. The van der Waals surface area contributed by atoms with Crippen molar-refractivity contribution in [1.29, 1.82) is 0 Å². The van der Waals surface area contributed by atoms with Gasteiger partial charge < -0.3 is 0 Å². The number of hydrogen-bond acceptors (Lipinski definition) is 3. The number of alkyl halides is 3. The Morgan fingerprint density at radius 1 is 1.07 bits per heavy atom. The van der Waals surface area contributed by atoms with Gasteiger partial charge in [0.05, 0.1) is 17.5 Å². The Kier molecular flexibility index (Phi) is 4.73. The van der Waals surface area contributed by atoms with Crippen LogP contribution in [-0.2, 0) is 6.18 Å². The minimum Gasteiger partial charge on any atom is -0.263 e. The number of fused-ring (bicyclic) bond motifs is 1. The standard InChI is InChI=1S/C21H12ClF3N4/c1-13-9-15(6-7-17(13)22)18-10-19(21(23,24)25)29-20(28-18)16(12-27-29)5-4-14-3-2-8-26-11-14/h2-3,6-12H,1H3. The molecule has 144 valence electrons. The molecule has 0 amide bonds. The summed E-state index contributed by atoms with van der Waals surface area (Å²) >= 11 is 6.04. The van der Waals surface area contributed by atoms with Crippen molar-refractivity contribution in [2.45, 2.75) is 13.1 Å². The van der Waals surface area contributed by atoms with E-state index in [0.717, 1.165) is 16.1 Å². The van der Waals surface area contributed by atoms with Crippen molar-refractivity contribution in [2.75, 3.05) is 0 Å². The number of nitrogens with zero attached hydrogens (tertiary/aromatic N) is 4. The van der Waals surface area contributed by atoms with E-state index < -0.39 is 11.9 Å². The van der Waals surface area contributed by atoms with Gasteiger partial charge in [-0.1, -0.05) is 29.5 Å².